The standard InChI is InChI=1S/C20H15ClO5S/c21-17-8-12-19(13-9-17)27(23,24)26-18-10-6-16(7-11-18)20(22)25-14-15-4-2-1-3-5-15/h1-13H,14H2. The van der Waals surface area contributed by atoms with Gasteiger partial charge >= 0.3 is 16.1 Å². The number of benzene rings is 3. The van der Waals surface area contributed by atoms with E-state index < -0.39 is 16.1 Å². The Kier molecular flexibility index (Phi) is 5.78. The van der Waals surface area contributed by atoms with Gasteiger partial charge in [0, 0.05) is 5.02 Å². The van der Waals surface area contributed by atoms with Crippen molar-refractivity contribution in [2.24, 2.45) is 0 Å². The second kappa shape index (κ2) is 8.24. The molecule has 0 radical (unpaired) electrons. The van der Waals surface area contributed by atoms with Crippen LogP contribution in [0.4, 0.5) is 0 Å². The summed E-state index contributed by atoms with van der Waals surface area (Å²) in [4.78, 5) is 12.1. The topological polar surface area (TPSA) is 69.7 Å². The lowest BCUT2D eigenvalue weighted by atomic mass is 10.2. The Morgan fingerprint density at radius 3 is 2.11 bits per heavy atom. The normalized spacial score (nSPS) is 11.0. The van der Waals surface area contributed by atoms with Crippen molar-refractivity contribution in [3.8, 4) is 5.75 Å². The first kappa shape index (κ1) is 18.9. The van der Waals surface area contributed by atoms with Crippen molar-refractivity contribution < 1.29 is 22.1 Å². The third-order valence-corrected chi connectivity index (χ3v) is 5.12. The summed E-state index contributed by atoms with van der Waals surface area (Å²) in [7, 11) is -3.98. The molecule has 0 saturated carbocycles. The molecule has 0 fully saturated rings. The molecule has 7 heteroatoms. The Morgan fingerprint density at radius 2 is 1.48 bits per heavy atom. The molecule has 5 nitrogen and oxygen atoms in total. The van der Waals surface area contributed by atoms with Crippen molar-refractivity contribution in [2.45, 2.75) is 11.5 Å². The maximum absolute atomic E-state index is 12.2. The number of hydrogen-bond acceptors (Lipinski definition) is 5. The van der Waals surface area contributed by atoms with E-state index in [1.165, 1.54) is 48.5 Å². The van der Waals surface area contributed by atoms with Crippen LogP contribution >= 0.6 is 11.6 Å². The SMILES string of the molecule is O=C(OCc1ccccc1)c1ccc(OS(=O)(=O)c2ccc(Cl)cc2)cc1. The second-order valence-corrected chi connectivity index (χ2v) is 7.56. The summed E-state index contributed by atoms with van der Waals surface area (Å²) in [5.41, 5.74) is 1.17. The quantitative estimate of drug-likeness (QED) is 0.449. The zero-order chi connectivity index (χ0) is 19.3. The van der Waals surface area contributed by atoms with Crippen molar-refractivity contribution in [1.82, 2.24) is 0 Å². The van der Waals surface area contributed by atoms with Crippen LogP contribution in [0.5, 0.6) is 5.75 Å². The minimum atomic E-state index is -3.98. The zero-order valence-electron chi connectivity index (χ0n) is 14.0. The Hall–Kier alpha value is -2.83. The third kappa shape index (κ3) is 5.09. The van der Waals surface area contributed by atoms with Gasteiger partial charge in [-0.1, -0.05) is 41.9 Å². The Morgan fingerprint density at radius 1 is 0.852 bits per heavy atom. The highest BCUT2D eigenvalue weighted by Gasteiger charge is 2.17. The maximum Gasteiger partial charge on any atom is 0.339 e. The largest absolute Gasteiger partial charge is 0.457 e. The first-order valence-corrected chi connectivity index (χ1v) is 9.74. The van der Waals surface area contributed by atoms with E-state index in [0.29, 0.717) is 10.6 Å². The average Bonchev–Trinajstić information content (AvgIpc) is 2.67. The van der Waals surface area contributed by atoms with E-state index in [9.17, 15) is 13.2 Å². The molecule has 0 amide bonds. The lowest BCUT2D eigenvalue weighted by molar-refractivity contribution is 0.0472. The summed E-state index contributed by atoms with van der Waals surface area (Å²) >= 11 is 5.75. The molecular formula is C20H15ClO5S. The van der Waals surface area contributed by atoms with Gasteiger partial charge in [-0.05, 0) is 54.1 Å². The number of esters is 1. The fourth-order valence-electron chi connectivity index (χ4n) is 2.23. The highest BCUT2D eigenvalue weighted by molar-refractivity contribution is 7.87. The molecule has 0 aliphatic rings. The Balaban J connectivity index is 1.64. The highest BCUT2D eigenvalue weighted by Crippen LogP contribution is 2.21. The Bertz CT molecular complexity index is 1010. The predicted molar refractivity (Wildman–Crippen MR) is 101 cm³/mol. The van der Waals surface area contributed by atoms with Crippen LogP contribution in [0.1, 0.15) is 15.9 Å². The highest BCUT2D eigenvalue weighted by atomic mass is 35.5. The molecule has 0 atom stereocenters. The van der Waals surface area contributed by atoms with E-state index in [2.05, 4.69) is 0 Å². The molecule has 0 bridgehead atoms. The molecule has 0 saturated heterocycles. The van der Waals surface area contributed by atoms with Crippen molar-refractivity contribution >= 4 is 27.7 Å². The van der Waals surface area contributed by atoms with Gasteiger partial charge in [0.25, 0.3) is 0 Å². The monoisotopic (exact) mass is 402 g/mol. The summed E-state index contributed by atoms with van der Waals surface area (Å²) in [6.45, 7) is 0.156. The number of halogens is 1. The minimum Gasteiger partial charge on any atom is -0.457 e. The van der Waals surface area contributed by atoms with Gasteiger partial charge in [-0.15, -0.1) is 0 Å². The van der Waals surface area contributed by atoms with Crippen LogP contribution in [0.3, 0.4) is 0 Å². The molecule has 27 heavy (non-hydrogen) atoms. The van der Waals surface area contributed by atoms with Crippen molar-refractivity contribution in [1.29, 1.82) is 0 Å². The van der Waals surface area contributed by atoms with Crippen LogP contribution in [0.25, 0.3) is 0 Å². The number of rotatable bonds is 6. The van der Waals surface area contributed by atoms with Crippen molar-refractivity contribution in [2.75, 3.05) is 0 Å². The van der Waals surface area contributed by atoms with Gasteiger partial charge in [-0.3, -0.25) is 0 Å². The van der Waals surface area contributed by atoms with Gasteiger partial charge in [-0.25, -0.2) is 4.79 Å². The second-order valence-electron chi connectivity index (χ2n) is 5.58. The summed E-state index contributed by atoms with van der Waals surface area (Å²) < 4.78 is 34.8. The van der Waals surface area contributed by atoms with Gasteiger partial charge < -0.3 is 8.92 Å². The number of carbonyl (C=O) groups excluding carboxylic acids is 1. The molecular weight excluding hydrogens is 388 g/mol. The third-order valence-electron chi connectivity index (χ3n) is 3.61. The summed E-state index contributed by atoms with van der Waals surface area (Å²) in [5.74, 6) is -0.421. The molecule has 3 rings (SSSR count). The Labute approximate surface area is 162 Å². The van der Waals surface area contributed by atoms with E-state index in [1.54, 1.807) is 0 Å². The molecule has 3 aromatic rings. The van der Waals surface area contributed by atoms with E-state index >= 15 is 0 Å². The molecule has 138 valence electrons. The first-order valence-electron chi connectivity index (χ1n) is 7.95. The van der Waals surface area contributed by atoms with Crippen LogP contribution in [-0.2, 0) is 21.5 Å². The van der Waals surface area contributed by atoms with Crippen LogP contribution < -0.4 is 4.18 Å². The van der Waals surface area contributed by atoms with Crippen LogP contribution in [-0.4, -0.2) is 14.4 Å². The zero-order valence-corrected chi connectivity index (χ0v) is 15.6. The molecule has 0 aromatic heterocycles. The number of ether oxygens (including phenoxy) is 1. The molecule has 0 aliphatic heterocycles. The van der Waals surface area contributed by atoms with Gasteiger partial charge in [0.1, 0.15) is 17.3 Å². The van der Waals surface area contributed by atoms with Crippen LogP contribution in [0, 0.1) is 0 Å². The van der Waals surface area contributed by atoms with Gasteiger partial charge in [0.05, 0.1) is 5.56 Å². The van der Waals surface area contributed by atoms with Gasteiger partial charge in [0.15, 0.2) is 0 Å². The lowest BCUT2D eigenvalue weighted by Gasteiger charge is -2.08. The molecule has 0 unspecified atom stereocenters. The maximum atomic E-state index is 12.2. The fraction of sp³-hybridized carbons (Fsp3) is 0.0500. The summed E-state index contributed by atoms with van der Waals surface area (Å²) in [6, 6.07) is 20.6. The number of hydrogen-bond donors (Lipinski definition) is 0. The summed E-state index contributed by atoms with van der Waals surface area (Å²) in [5, 5.41) is 0.423. The van der Waals surface area contributed by atoms with Crippen molar-refractivity contribution in [3.63, 3.8) is 0 Å². The van der Waals surface area contributed by atoms with Crippen LogP contribution in [0.15, 0.2) is 83.8 Å². The van der Waals surface area contributed by atoms with E-state index in [1.807, 2.05) is 30.3 Å². The molecule has 0 N–H and O–H groups in total. The van der Waals surface area contributed by atoms with Crippen molar-refractivity contribution in [3.05, 3.63) is 95.0 Å². The molecule has 0 heterocycles. The first-order chi connectivity index (χ1) is 12.9. The molecule has 3 aromatic carbocycles. The van der Waals surface area contributed by atoms with Crippen LogP contribution in [0.2, 0.25) is 5.02 Å². The molecule has 0 spiro atoms. The van der Waals surface area contributed by atoms with E-state index in [0.717, 1.165) is 5.56 Å². The molecule has 0 aliphatic carbocycles. The fourth-order valence-corrected chi connectivity index (χ4v) is 3.29. The minimum absolute atomic E-state index is 0.0155. The van der Waals surface area contributed by atoms with E-state index in [4.69, 9.17) is 20.5 Å². The average molecular weight is 403 g/mol. The van der Waals surface area contributed by atoms with E-state index in [-0.39, 0.29) is 17.3 Å². The lowest BCUT2D eigenvalue weighted by Crippen LogP contribution is -2.10. The number of carbonyl (C=O) groups is 1. The van der Waals surface area contributed by atoms with Gasteiger partial charge in [-0.2, -0.15) is 8.42 Å². The smallest absolute Gasteiger partial charge is 0.339 e. The van der Waals surface area contributed by atoms with Gasteiger partial charge in [0.2, 0.25) is 0 Å². The predicted octanol–water partition coefficient (Wildman–Crippen LogP) is 4.46. The summed E-state index contributed by atoms with van der Waals surface area (Å²) in [6.07, 6.45) is 0.